The number of halogens is 1. The van der Waals surface area contributed by atoms with Crippen LogP contribution in [-0.4, -0.2) is 30.4 Å². The SMILES string of the molecule is CC(C)CC(NC(=O)c1ccc(Cl)cc1)C(=O)NC1CCCC1CN. The van der Waals surface area contributed by atoms with Gasteiger partial charge in [-0.15, -0.1) is 0 Å². The third-order valence-corrected chi connectivity index (χ3v) is 4.98. The molecular formula is C19H28ClN3O2. The Morgan fingerprint density at radius 3 is 2.52 bits per heavy atom. The minimum atomic E-state index is -0.554. The Bertz CT molecular complexity index is 589. The molecule has 3 unspecified atom stereocenters. The van der Waals surface area contributed by atoms with Crippen LogP contribution >= 0.6 is 11.6 Å². The van der Waals surface area contributed by atoms with E-state index in [-0.39, 0.29) is 23.8 Å². The first kappa shape index (κ1) is 19.7. The second kappa shape index (κ2) is 9.20. The van der Waals surface area contributed by atoms with Crippen molar-refractivity contribution >= 4 is 23.4 Å². The lowest BCUT2D eigenvalue weighted by Gasteiger charge is -2.25. The van der Waals surface area contributed by atoms with E-state index in [9.17, 15) is 9.59 Å². The molecule has 2 amide bonds. The van der Waals surface area contributed by atoms with E-state index < -0.39 is 6.04 Å². The first-order valence-electron chi connectivity index (χ1n) is 8.97. The van der Waals surface area contributed by atoms with Crippen molar-refractivity contribution < 1.29 is 9.59 Å². The number of hydrogen-bond acceptors (Lipinski definition) is 3. The molecular weight excluding hydrogens is 338 g/mol. The molecule has 1 aromatic rings. The molecule has 0 spiro atoms. The van der Waals surface area contributed by atoms with E-state index in [4.69, 9.17) is 17.3 Å². The van der Waals surface area contributed by atoms with Gasteiger partial charge in [-0.05, 0) is 61.9 Å². The number of amides is 2. The van der Waals surface area contributed by atoms with Crippen molar-refractivity contribution in [2.75, 3.05) is 6.54 Å². The summed E-state index contributed by atoms with van der Waals surface area (Å²) in [6, 6.07) is 6.20. The van der Waals surface area contributed by atoms with Gasteiger partial charge in [-0.25, -0.2) is 0 Å². The summed E-state index contributed by atoms with van der Waals surface area (Å²) in [5.74, 6) is 0.228. The molecule has 25 heavy (non-hydrogen) atoms. The minimum absolute atomic E-state index is 0.111. The highest BCUT2D eigenvalue weighted by Gasteiger charge is 2.30. The summed E-state index contributed by atoms with van der Waals surface area (Å²) in [4.78, 5) is 25.2. The molecule has 5 nitrogen and oxygen atoms in total. The van der Waals surface area contributed by atoms with Crippen LogP contribution in [0, 0.1) is 11.8 Å². The van der Waals surface area contributed by atoms with Crippen LogP contribution < -0.4 is 16.4 Å². The van der Waals surface area contributed by atoms with Gasteiger partial charge in [0.1, 0.15) is 6.04 Å². The highest BCUT2D eigenvalue weighted by atomic mass is 35.5. The van der Waals surface area contributed by atoms with E-state index in [1.54, 1.807) is 24.3 Å². The van der Waals surface area contributed by atoms with Gasteiger partial charge in [-0.2, -0.15) is 0 Å². The minimum Gasteiger partial charge on any atom is -0.351 e. The number of carbonyl (C=O) groups is 2. The van der Waals surface area contributed by atoms with E-state index >= 15 is 0 Å². The van der Waals surface area contributed by atoms with Gasteiger partial charge in [0.15, 0.2) is 0 Å². The fraction of sp³-hybridized carbons (Fsp3) is 0.579. The Kier molecular flexibility index (Phi) is 7.26. The maximum Gasteiger partial charge on any atom is 0.251 e. The second-order valence-corrected chi connectivity index (χ2v) is 7.64. The monoisotopic (exact) mass is 365 g/mol. The quantitative estimate of drug-likeness (QED) is 0.694. The van der Waals surface area contributed by atoms with Gasteiger partial charge in [-0.3, -0.25) is 9.59 Å². The molecule has 2 rings (SSSR count). The van der Waals surface area contributed by atoms with Gasteiger partial charge in [0.2, 0.25) is 5.91 Å². The molecule has 138 valence electrons. The highest BCUT2D eigenvalue weighted by Crippen LogP contribution is 2.24. The molecule has 0 heterocycles. The molecule has 0 bridgehead atoms. The van der Waals surface area contributed by atoms with E-state index in [1.807, 2.05) is 13.8 Å². The fourth-order valence-electron chi connectivity index (χ4n) is 3.34. The van der Waals surface area contributed by atoms with Crippen molar-refractivity contribution in [1.29, 1.82) is 0 Å². The van der Waals surface area contributed by atoms with Crippen LogP contribution in [0.1, 0.15) is 49.9 Å². The highest BCUT2D eigenvalue weighted by molar-refractivity contribution is 6.30. The molecule has 0 aromatic heterocycles. The van der Waals surface area contributed by atoms with Crippen LogP contribution in [0.25, 0.3) is 0 Å². The number of hydrogen-bond donors (Lipinski definition) is 3. The molecule has 6 heteroatoms. The topological polar surface area (TPSA) is 84.2 Å². The lowest BCUT2D eigenvalue weighted by atomic mass is 10.00. The third-order valence-electron chi connectivity index (χ3n) is 4.72. The number of rotatable bonds is 7. The molecule has 1 aliphatic carbocycles. The van der Waals surface area contributed by atoms with Gasteiger partial charge >= 0.3 is 0 Å². The molecule has 1 aliphatic rings. The predicted octanol–water partition coefficient (Wildman–Crippen LogP) is 2.73. The summed E-state index contributed by atoms with van der Waals surface area (Å²) in [6.07, 6.45) is 3.67. The van der Waals surface area contributed by atoms with E-state index in [0.717, 1.165) is 19.3 Å². The van der Waals surface area contributed by atoms with Gasteiger partial charge < -0.3 is 16.4 Å². The van der Waals surface area contributed by atoms with Crippen molar-refractivity contribution in [2.24, 2.45) is 17.6 Å². The molecule has 4 N–H and O–H groups in total. The molecule has 1 fully saturated rings. The summed E-state index contributed by atoms with van der Waals surface area (Å²) in [7, 11) is 0. The zero-order valence-corrected chi connectivity index (χ0v) is 15.7. The van der Waals surface area contributed by atoms with Crippen LogP contribution in [0.15, 0.2) is 24.3 Å². The average molecular weight is 366 g/mol. The summed E-state index contributed by atoms with van der Waals surface area (Å²) >= 11 is 5.86. The van der Waals surface area contributed by atoms with Crippen LogP contribution in [0.5, 0.6) is 0 Å². The smallest absolute Gasteiger partial charge is 0.251 e. The second-order valence-electron chi connectivity index (χ2n) is 7.20. The number of nitrogens with two attached hydrogens (primary N) is 1. The molecule has 0 aliphatic heterocycles. The van der Waals surface area contributed by atoms with Gasteiger partial charge in [-0.1, -0.05) is 31.9 Å². The number of benzene rings is 1. The standard InChI is InChI=1S/C19H28ClN3O2/c1-12(2)10-17(19(25)22-16-5-3-4-14(16)11-21)23-18(24)13-6-8-15(20)9-7-13/h6-9,12,14,16-17H,3-5,10-11,21H2,1-2H3,(H,22,25)(H,23,24). The lowest BCUT2D eigenvalue weighted by molar-refractivity contribution is -0.124. The Hall–Kier alpha value is -1.59. The van der Waals surface area contributed by atoms with Crippen molar-refractivity contribution in [3.05, 3.63) is 34.9 Å². The summed E-state index contributed by atoms with van der Waals surface area (Å²) in [5.41, 5.74) is 6.29. The molecule has 3 atom stereocenters. The molecule has 1 aromatic carbocycles. The van der Waals surface area contributed by atoms with Crippen molar-refractivity contribution in [1.82, 2.24) is 10.6 Å². The van der Waals surface area contributed by atoms with E-state index in [1.165, 1.54) is 0 Å². The van der Waals surface area contributed by atoms with E-state index in [2.05, 4.69) is 10.6 Å². The number of carbonyl (C=O) groups excluding carboxylic acids is 2. The zero-order valence-electron chi connectivity index (χ0n) is 14.9. The third kappa shape index (κ3) is 5.72. The van der Waals surface area contributed by atoms with E-state index in [0.29, 0.717) is 29.5 Å². The van der Waals surface area contributed by atoms with Gasteiger partial charge in [0.25, 0.3) is 5.91 Å². The Labute approximate surface area is 154 Å². The first-order chi connectivity index (χ1) is 11.9. The summed E-state index contributed by atoms with van der Waals surface area (Å²) < 4.78 is 0. The molecule has 1 saturated carbocycles. The Balaban J connectivity index is 2.03. The largest absolute Gasteiger partial charge is 0.351 e. The predicted molar refractivity (Wildman–Crippen MR) is 100 cm³/mol. The van der Waals surface area contributed by atoms with Crippen LogP contribution in [0.2, 0.25) is 5.02 Å². The number of nitrogens with one attached hydrogen (secondary N) is 2. The maximum atomic E-state index is 12.7. The summed E-state index contributed by atoms with van der Waals surface area (Å²) in [5, 5.41) is 6.53. The van der Waals surface area contributed by atoms with Crippen molar-refractivity contribution in [2.45, 2.75) is 51.6 Å². The lowest BCUT2D eigenvalue weighted by Crippen LogP contribution is -2.51. The Morgan fingerprint density at radius 2 is 1.92 bits per heavy atom. The van der Waals surface area contributed by atoms with Gasteiger partial charge in [0, 0.05) is 16.6 Å². The summed E-state index contributed by atoms with van der Waals surface area (Å²) in [6.45, 7) is 4.65. The molecule has 0 saturated heterocycles. The Morgan fingerprint density at radius 1 is 1.24 bits per heavy atom. The van der Waals surface area contributed by atoms with Crippen molar-refractivity contribution in [3.63, 3.8) is 0 Å². The average Bonchev–Trinajstić information content (AvgIpc) is 3.01. The molecule has 0 radical (unpaired) electrons. The van der Waals surface area contributed by atoms with Crippen LogP contribution in [-0.2, 0) is 4.79 Å². The van der Waals surface area contributed by atoms with Crippen LogP contribution in [0.3, 0.4) is 0 Å². The van der Waals surface area contributed by atoms with Crippen molar-refractivity contribution in [3.8, 4) is 0 Å². The fourth-order valence-corrected chi connectivity index (χ4v) is 3.46. The zero-order chi connectivity index (χ0) is 18.4. The normalized spacial score (nSPS) is 21.2. The first-order valence-corrected chi connectivity index (χ1v) is 9.35. The van der Waals surface area contributed by atoms with Crippen LogP contribution in [0.4, 0.5) is 0 Å². The van der Waals surface area contributed by atoms with Gasteiger partial charge in [0.05, 0.1) is 0 Å². The maximum absolute atomic E-state index is 12.7.